The Hall–Kier alpha value is -2.13. The Morgan fingerprint density at radius 2 is 1.82 bits per heavy atom. The number of nitriles is 1. The van der Waals surface area contributed by atoms with E-state index in [2.05, 4.69) is 22.4 Å². The molecule has 2 fully saturated rings. The normalized spacial score (nSPS) is 20.0. The van der Waals surface area contributed by atoms with E-state index in [9.17, 15) is 10.1 Å². The molecule has 2 aliphatic rings. The first-order valence-electron chi connectivity index (χ1n) is 11.8. The molecule has 2 atom stereocenters. The summed E-state index contributed by atoms with van der Waals surface area (Å²) in [5, 5.41) is 14.6. The summed E-state index contributed by atoms with van der Waals surface area (Å²) in [4.78, 5) is 17.2. The van der Waals surface area contributed by atoms with Crippen molar-refractivity contribution in [2.45, 2.75) is 38.6 Å². The van der Waals surface area contributed by atoms with E-state index in [1.165, 1.54) is 0 Å². The van der Waals surface area contributed by atoms with Gasteiger partial charge in [0.05, 0.1) is 28.7 Å². The van der Waals surface area contributed by atoms with Crippen LogP contribution >= 0.6 is 34.8 Å². The maximum absolute atomic E-state index is 13.0. The van der Waals surface area contributed by atoms with Gasteiger partial charge in [-0.2, -0.15) is 5.26 Å². The zero-order chi connectivity index (χ0) is 24.2. The fourth-order valence-electron chi connectivity index (χ4n) is 4.91. The van der Waals surface area contributed by atoms with E-state index in [0.717, 1.165) is 62.3 Å². The fraction of sp³-hybridized carbons (Fsp3) is 0.462. The average Bonchev–Trinajstić information content (AvgIpc) is 2.85. The molecule has 1 amide bonds. The fourth-order valence-corrected chi connectivity index (χ4v) is 5.65. The maximum atomic E-state index is 13.0. The van der Waals surface area contributed by atoms with Gasteiger partial charge in [0.25, 0.3) is 0 Å². The van der Waals surface area contributed by atoms with Crippen LogP contribution in [0, 0.1) is 23.2 Å². The highest BCUT2D eigenvalue weighted by Gasteiger charge is 2.31. The van der Waals surface area contributed by atoms with Crippen LogP contribution in [-0.2, 0) is 4.79 Å². The van der Waals surface area contributed by atoms with E-state index in [-0.39, 0.29) is 23.8 Å². The topological polar surface area (TPSA) is 59.4 Å². The molecule has 0 radical (unpaired) electrons. The number of hydrogen-bond donors (Lipinski definition) is 1. The van der Waals surface area contributed by atoms with Gasteiger partial charge in [-0.1, -0.05) is 40.9 Å². The van der Waals surface area contributed by atoms with E-state index in [1.54, 1.807) is 6.07 Å². The van der Waals surface area contributed by atoms with Crippen molar-refractivity contribution < 1.29 is 4.79 Å². The van der Waals surface area contributed by atoms with Crippen molar-refractivity contribution in [1.29, 1.82) is 5.26 Å². The molecule has 34 heavy (non-hydrogen) atoms. The van der Waals surface area contributed by atoms with Gasteiger partial charge in [-0.25, -0.2) is 0 Å². The monoisotopic (exact) mass is 518 g/mol. The molecule has 0 spiro atoms. The van der Waals surface area contributed by atoms with Crippen molar-refractivity contribution in [3.63, 3.8) is 0 Å². The molecule has 4 rings (SSSR count). The van der Waals surface area contributed by atoms with Crippen LogP contribution in [-0.4, -0.2) is 37.0 Å². The third kappa shape index (κ3) is 5.74. The third-order valence-corrected chi connectivity index (χ3v) is 7.77. The Morgan fingerprint density at radius 1 is 1.06 bits per heavy atom. The summed E-state index contributed by atoms with van der Waals surface area (Å²) in [5.41, 5.74) is 2.87. The Morgan fingerprint density at radius 3 is 2.53 bits per heavy atom. The highest BCUT2D eigenvalue weighted by atomic mass is 35.5. The quantitative estimate of drug-likeness (QED) is 0.472. The van der Waals surface area contributed by atoms with Gasteiger partial charge >= 0.3 is 0 Å². The number of benzene rings is 2. The van der Waals surface area contributed by atoms with E-state index < -0.39 is 0 Å². The molecule has 180 valence electrons. The minimum Gasteiger partial charge on any atom is -0.377 e. The first-order chi connectivity index (χ1) is 16.4. The molecule has 2 aromatic rings. The van der Waals surface area contributed by atoms with Crippen molar-refractivity contribution in [2.24, 2.45) is 11.8 Å². The number of nitrogens with one attached hydrogen (secondary N) is 1. The summed E-state index contributed by atoms with van der Waals surface area (Å²) in [6.07, 6.45) is 3.45. The molecule has 1 unspecified atom stereocenters. The molecule has 8 heteroatoms. The number of halogens is 3. The van der Waals surface area contributed by atoms with Crippen LogP contribution in [0.5, 0.6) is 0 Å². The molecule has 2 saturated heterocycles. The standard InChI is InChI=1S/C26H29Cl3N4O/c1-17(22-6-4-20(27)13-24(22)29)31-25-14-21(5-7-23(25)28)32-11-8-19(9-12-32)26(34)33-10-2-3-18(15-30)16-33/h4-7,13-14,17-19,31H,2-3,8-12,16H2,1H3/t17-,18?/m1/s1. The number of carbonyl (C=O) groups excluding carboxylic acids is 1. The number of hydrogen-bond acceptors (Lipinski definition) is 4. The van der Waals surface area contributed by atoms with Gasteiger partial charge < -0.3 is 15.1 Å². The highest BCUT2D eigenvalue weighted by molar-refractivity contribution is 6.35. The van der Waals surface area contributed by atoms with E-state index in [4.69, 9.17) is 34.8 Å². The predicted molar refractivity (Wildman–Crippen MR) is 140 cm³/mol. The second-order valence-corrected chi connectivity index (χ2v) is 10.5. The van der Waals surface area contributed by atoms with Crippen molar-refractivity contribution in [2.75, 3.05) is 36.4 Å². The zero-order valence-corrected chi connectivity index (χ0v) is 21.5. The number of carbonyl (C=O) groups is 1. The summed E-state index contributed by atoms with van der Waals surface area (Å²) in [6, 6.07) is 13.8. The smallest absolute Gasteiger partial charge is 0.225 e. The van der Waals surface area contributed by atoms with E-state index in [1.807, 2.05) is 36.1 Å². The molecule has 2 heterocycles. The van der Waals surface area contributed by atoms with Gasteiger partial charge in [0.15, 0.2) is 0 Å². The second kappa shape index (κ2) is 11.1. The number of piperidine rings is 2. The predicted octanol–water partition coefficient (Wildman–Crippen LogP) is 6.80. The van der Waals surface area contributed by atoms with Gasteiger partial charge in [0.2, 0.25) is 5.91 Å². The summed E-state index contributed by atoms with van der Waals surface area (Å²) in [5.74, 6) is 0.223. The number of rotatable bonds is 5. The Balaban J connectivity index is 1.39. The highest BCUT2D eigenvalue weighted by Crippen LogP contribution is 2.34. The minimum absolute atomic E-state index is 0.0251. The summed E-state index contributed by atoms with van der Waals surface area (Å²) in [6.45, 7) is 5.01. The van der Waals surface area contributed by atoms with Crippen LogP contribution in [0.1, 0.15) is 44.2 Å². The Kier molecular flexibility index (Phi) is 8.14. The molecule has 2 aliphatic heterocycles. The molecule has 1 N–H and O–H groups in total. The maximum Gasteiger partial charge on any atom is 0.225 e. The van der Waals surface area contributed by atoms with Gasteiger partial charge in [0, 0.05) is 47.8 Å². The average molecular weight is 520 g/mol. The van der Waals surface area contributed by atoms with Gasteiger partial charge in [0.1, 0.15) is 0 Å². The van der Waals surface area contributed by atoms with Gasteiger partial charge in [-0.15, -0.1) is 0 Å². The molecule has 0 aromatic heterocycles. The Bertz CT molecular complexity index is 1080. The van der Waals surface area contributed by atoms with Crippen molar-refractivity contribution in [3.8, 4) is 6.07 Å². The number of nitrogens with zero attached hydrogens (tertiary/aromatic N) is 3. The molecule has 0 saturated carbocycles. The van der Waals surface area contributed by atoms with Crippen molar-refractivity contribution >= 4 is 52.1 Å². The lowest BCUT2D eigenvalue weighted by Crippen LogP contribution is -2.46. The second-order valence-electron chi connectivity index (χ2n) is 9.21. The van der Waals surface area contributed by atoms with Gasteiger partial charge in [-0.3, -0.25) is 4.79 Å². The molecular formula is C26H29Cl3N4O. The third-order valence-electron chi connectivity index (χ3n) is 6.88. The first kappa shape index (κ1) is 25.0. The lowest BCUT2D eigenvalue weighted by molar-refractivity contribution is -0.137. The summed E-state index contributed by atoms with van der Waals surface area (Å²) >= 11 is 18.9. The van der Waals surface area contributed by atoms with Crippen molar-refractivity contribution in [3.05, 3.63) is 57.0 Å². The lowest BCUT2D eigenvalue weighted by atomic mass is 9.92. The molecular weight excluding hydrogens is 491 g/mol. The number of anilines is 2. The first-order valence-corrected chi connectivity index (χ1v) is 12.9. The number of amides is 1. The lowest BCUT2D eigenvalue weighted by Gasteiger charge is -2.37. The summed E-state index contributed by atoms with van der Waals surface area (Å²) < 4.78 is 0. The largest absolute Gasteiger partial charge is 0.377 e. The van der Waals surface area contributed by atoms with Crippen LogP contribution in [0.25, 0.3) is 0 Å². The van der Waals surface area contributed by atoms with E-state index in [0.29, 0.717) is 21.6 Å². The van der Waals surface area contributed by atoms with Crippen LogP contribution < -0.4 is 10.2 Å². The van der Waals surface area contributed by atoms with Crippen molar-refractivity contribution in [1.82, 2.24) is 4.90 Å². The molecule has 0 bridgehead atoms. The SMILES string of the molecule is C[C@@H](Nc1cc(N2CCC(C(=O)N3CCCC(C#N)C3)CC2)ccc1Cl)c1ccc(Cl)cc1Cl. The number of likely N-dealkylation sites (tertiary alicyclic amines) is 1. The van der Waals surface area contributed by atoms with Crippen LogP contribution in [0.2, 0.25) is 15.1 Å². The van der Waals surface area contributed by atoms with Gasteiger partial charge in [-0.05, 0) is 68.5 Å². The van der Waals surface area contributed by atoms with E-state index >= 15 is 0 Å². The molecule has 2 aromatic carbocycles. The van der Waals surface area contributed by atoms with Crippen LogP contribution in [0.15, 0.2) is 36.4 Å². The zero-order valence-electron chi connectivity index (χ0n) is 19.2. The molecule has 0 aliphatic carbocycles. The minimum atomic E-state index is -0.0531. The van der Waals surface area contributed by atoms with Crippen LogP contribution in [0.4, 0.5) is 11.4 Å². The summed E-state index contributed by atoms with van der Waals surface area (Å²) in [7, 11) is 0. The Labute approximate surface area is 216 Å². The molecule has 5 nitrogen and oxygen atoms in total. The van der Waals surface area contributed by atoms with Crippen LogP contribution in [0.3, 0.4) is 0 Å².